The van der Waals surface area contributed by atoms with E-state index in [1.165, 1.54) is 7.11 Å². The van der Waals surface area contributed by atoms with Crippen molar-refractivity contribution in [3.8, 4) is 11.5 Å². The number of nitrogens with two attached hydrogens (primary N) is 1. The summed E-state index contributed by atoms with van der Waals surface area (Å²) in [6, 6.07) is 3.15. The Morgan fingerprint density at radius 1 is 1.53 bits per heavy atom. The molecule has 0 aliphatic heterocycles. The van der Waals surface area contributed by atoms with Crippen molar-refractivity contribution >= 4 is 6.29 Å². The van der Waals surface area contributed by atoms with Crippen LogP contribution in [0.1, 0.15) is 35.7 Å². The van der Waals surface area contributed by atoms with Crippen LogP contribution in [0.25, 0.3) is 0 Å². The van der Waals surface area contributed by atoms with Crippen LogP contribution in [0.2, 0.25) is 0 Å². The van der Waals surface area contributed by atoms with Crippen LogP contribution in [-0.2, 0) is 5.41 Å². The molecule has 0 aromatic heterocycles. The quantitative estimate of drug-likeness (QED) is 0.777. The Balaban J connectivity index is 2.54. The zero-order valence-electron chi connectivity index (χ0n) is 10.1. The number of methoxy groups -OCH3 is 1. The number of hydrogen-bond acceptors (Lipinski definition) is 4. The highest BCUT2D eigenvalue weighted by Gasteiger charge is 2.48. The number of phenols is 1. The molecular weight excluding hydrogens is 218 g/mol. The molecule has 0 radical (unpaired) electrons. The van der Waals surface area contributed by atoms with Crippen molar-refractivity contribution in [3.05, 3.63) is 23.3 Å². The number of carbonyl (C=O) groups excluding carboxylic acids is 1. The van der Waals surface area contributed by atoms with Gasteiger partial charge < -0.3 is 15.6 Å². The normalized spacial score (nSPS) is 18.5. The fraction of sp³-hybridized carbons (Fsp3) is 0.462. The molecule has 1 aromatic rings. The van der Waals surface area contributed by atoms with Gasteiger partial charge in [-0.1, -0.05) is 0 Å². The molecule has 4 heteroatoms. The second-order valence-corrected chi connectivity index (χ2v) is 4.67. The Bertz CT molecular complexity index is 450. The molecule has 1 atom stereocenters. The number of carbonyl (C=O) groups is 1. The number of aldehydes is 1. The highest BCUT2D eigenvalue weighted by Crippen LogP contribution is 2.52. The van der Waals surface area contributed by atoms with Crippen molar-refractivity contribution in [2.45, 2.75) is 31.2 Å². The minimum atomic E-state index is -0.153. The molecule has 2 rings (SSSR count). The van der Waals surface area contributed by atoms with Gasteiger partial charge in [0.25, 0.3) is 0 Å². The maximum atomic E-state index is 11.1. The molecule has 17 heavy (non-hydrogen) atoms. The third-order valence-electron chi connectivity index (χ3n) is 3.67. The van der Waals surface area contributed by atoms with Crippen LogP contribution in [0.4, 0.5) is 0 Å². The SMILES string of the molecule is COc1cc(C=O)c(C2(C(C)N)CC2)cc1O. The fourth-order valence-corrected chi connectivity index (χ4v) is 2.38. The lowest BCUT2D eigenvalue weighted by atomic mass is 9.86. The topological polar surface area (TPSA) is 72.5 Å². The standard InChI is InChI=1S/C13H17NO3/c1-8(14)13(3-4-13)10-6-11(16)12(17-2)5-9(10)7-15/h5-8,16H,3-4,14H2,1-2H3. The predicted octanol–water partition coefficient (Wildman–Crippen LogP) is 1.59. The third kappa shape index (κ3) is 1.78. The summed E-state index contributed by atoms with van der Waals surface area (Å²) in [5.74, 6) is 0.372. The summed E-state index contributed by atoms with van der Waals surface area (Å²) in [6.45, 7) is 1.93. The lowest BCUT2D eigenvalue weighted by molar-refractivity contribution is 0.112. The maximum absolute atomic E-state index is 11.1. The van der Waals surface area contributed by atoms with Gasteiger partial charge in [0.15, 0.2) is 11.5 Å². The van der Waals surface area contributed by atoms with Gasteiger partial charge in [0.1, 0.15) is 6.29 Å². The van der Waals surface area contributed by atoms with Gasteiger partial charge in [-0.2, -0.15) is 0 Å². The van der Waals surface area contributed by atoms with E-state index in [4.69, 9.17) is 10.5 Å². The summed E-state index contributed by atoms with van der Waals surface area (Å²) in [6.07, 6.45) is 2.70. The van der Waals surface area contributed by atoms with Crippen LogP contribution >= 0.6 is 0 Å². The van der Waals surface area contributed by atoms with Crippen LogP contribution in [0, 0.1) is 0 Å². The smallest absolute Gasteiger partial charge is 0.161 e. The van der Waals surface area contributed by atoms with E-state index in [0.717, 1.165) is 24.7 Å². The minimum absolute atomic E-state index is 0.0333. The van der Waals surface area contributed by atoms with Crippen molar-refractivity contribution in [3.63, 3.8) is 0 Å². The Labute approximate surface area is 100 Å². The van der Waals surface area contributed by atoms with Gasteiger partial charge in [0.05, 0.1) is 7.11 Å². The molecule has 1 aliphatic rings. The first-order chi connectivity index (χ1) is 8.05. The molecule has 92 valence electrons. The summed E-state index contributed by atoms with van der Waals surface area (Å²) in [7, 11) is 1.46. The average molecular weight is 235 g/mol. The number of ether oxygens (including phenoxy) is 1. The van der Waals surface area contributed by atoms with E-state index < -0.39 is 0 Å². The van der Waals surface area contributed by atoms with E-state index in [1.54, 1.807) is 12.1 Å². The molecule has 4 nitrogen and oxygen atoms in total. The second-order valence-electron chi connectivity index (χ2n) is 4.67. The van der Waals surface area contributed by atoms with Crippen LogP contribution < -0.4 is 10.5 Å². The monoisotopic (exact) mass is 235 g/mol. The minimum Gasteiger partial charge on any atom is -0.504 e. The Morgan fingerprint density at radius 3 is 2.59 bits per heavy atom. The number of phenolic OH excluding ortho intramolecular Hbond substituents is 1. The molecule has 1 aliphatic carbocycles. The summed E-state index contributed by atoms with van der Waals surface area (Å²) in [5, 5.41) is 9.80. The molecule has 0 bridgehead atoms. The number of benzene rings is 1. The van der Waals surface area contributed by atoms with Crippen LogP contribution in [0.5, 0.6) is 11.5 Å². The maximum Gasteiger partial charge on any atom is 0.161 e. The first kappa shape index (κ1) is 11.9. The van der Waals surface area contributed by atoms with E-state index in [0.29, 0.717) is 11.3 Å². The fourth-order valence-electron chi connectivity index (χ4n) is 2.38. The molecule has 1 aromatic carbocycles. The highest BCUT2D eigenvalue weighted by atomic mass is 16.5. The van der Waals surface area contributed by atoms with Gasteiger partial charge in [-0.3, -0.25) is 4.79 Å². The van der Waals surface area contributed by atoms with Gasteiger partial charge in [-0.05, 0) is 37.5 Å². The molecular formula is C13H17NO3. The van der Waals surface area contributed by atoms with Crippen LogP contribution in [0.3, 0.4) is 0 Å². The highest BCUT2D eigenvalue weighted by molar-refractivity contribution is 5.80. The zero-order chi connectivity index (χ0) is 12.6. The van der Waals surface area contributed by atoms with E-state index in [-0.39, 0.29) is 17.2 Å². The molecule has 0 amide bonds. The van der Waals surface area contributed by atoms with E-state index in [9.17, 15) is 9.90 Å². The van der Waals surface area contributed by atoms with E-state index >= 15 is 0 Å². The Kier molecular flexibility index (Phi) is 2.83. The molecule has 0 spiro atoms. The molecule has 3 N–H and O–H groups in total. The Morgan fingerprint density at radius 2 is 2.18 bits per heavy atom. The number of aromatic hydroxyl groups is 1. The summed E-state index contributed by atoms with van der Waals surface area (Å²) in [5.41, 5.74) is 7.21. The summed E-state index contributed by atoms with van der Waals surface area (Å²) >= 11 is 0. The predicted molar refractivity (Wildman–Crippen MR) is 64.6 cm³/mol. The van der Waals surface area contributed by atoms with Crippen molar-refractivity contribution in [1.82, 2.24) is 0 Å². The first-order valence-corrected chi connectivity index (χ1v) is 5.67. The van der Waals surface area contributed by atoms with Crippen molar-refractivity contribution < 1.29 is 14.6 Å². The number of hydrogen-bond donors (Lipinski definition) is 2. The third-order valence-corrected chi connectivity index (χ3v) is 3.67. The van der Waals surface area contributed by atoms with Crippen LogP contribution in [0.15, 0.2) is 12.1 Å². The van der Waals surface area contributed by atoms with E-state index in [2.05, 4.69) is 0 Å². The molecule has 1 unspecified atom stereocenters. The van der Waals surface area contributed by atoms with Gasteiger partial charge in [-0.15, -0.1) is 0 Å². The largest absolute Gasteiger partial charge is 0.504 e. The molecule has 0 saturated heterocycles. The van der Waals surface area contributed by atoms with Crippen molar-refractivity contribution in [1.29, 1.82) is 0 Å². The van der Waals surface area contributed by atoms with Gasteiger partial charge >= 0.3 is 0 Å². The van der Waals surface area contributed by atoms with Gasteiger partial charge in [0, 0.05) is 17.0 Å². The lowest BCUT2D eigenvalue weighted by Gasteiger charge is -2.22. The first-order valence-electron chi connectivity index (χ1n) is 5.67. The van der Waals surface area contributed by atoms with Crippen molar-refractivity contribution in [2.75, 3.05) is 7.11 Å². The molecule has 1 fully saturated rings. The zero-order valence-corrected chi connectivity index (χ0v) is 10.1. The second kappa shape index (κ2) is 4.04. The number of rotatable bonds is 4. The van der Waals surface area contributed by atoms with Gasteiger partial charge in [0.2, 0.25) is 0 Å². The summed E-state index contributed by atoms with van der Waals surface area (Å²) in [4.78, 5) is 11.1. The lowest BCUT2D eigenvalue weighted by Crippen LogP contribution is -2.32. The van der Waals surface area contributed by atoms with Crippen molar-refractivity contribution in [2.24, 2.45) is 5.73 Å². The van der Waals surface area contributed by atoms with Gasteiger partial charge in [-0.25, -0.2) is 0 Å². The average Bonchev–Trinajstić information content (AvgIpc) is 3.09. The molecule has 1 saturated carbocycles. The van der Waals surface area contributed by atoms with E-state index in [1.807, 2.05) is 6.92 Å². The summed E-state index contributed by atoms with van der Waals surface area (Å²) < 4.78 is 5.00. The Hall–Kier alpha value is -1.55. The molecule has 0 heterocycles. The van der Waals surface area contributed by atoms with Crippen LogP contribution in [-0.4, -0.2) is 24.5 Å².